The Hall–Kier alpha value is 0.380. The van der Waals surface area contributed by atoms with Crippen molar-refractivity contribution < 1.29 is 17.2 Å². The quantitative estimate of drug-likeness (QED) is 0.354. The molecule has 0 fully saturated rings. The first-order chi connectivity index (χ1) is 7.15. The Balaban J connectivity index is 3.52. The summed E-state index contributed by atoms with van der Waals surface area (Å²) in [5, 5.41) is -1.54. The summed E-state index contributed by atoms with van der Waals surface area (Å²) in [7, 11) is -5.05. The summed E-state index contributed by atoms with van der Waals surface area (Å²) in [5.41, 5.74) is 0. The Morgan fingerprint density at radius 3 is 1.44 bits per heavy atom. The molecule has 0 radical (unpaired) electrons. The Morgan fingerprint density at radius 2 is 1.12 bits per heavy atom. The lowest BCUT2D eigenvalue weighted by Gasteiger charge is -2.14. The van der Waals surface area contributed by atoms with E-state index in [1.54, 1.807) is 0 Å². The highest BCUT2D eigenvalue weighted by molar-refractivity contribution is 7.81. The summed E-state index contributed by atoms with van der Waals surface area (Å²) >= 11 is 28.0. The predicted octanol–water partition coefficient (Wildman–Crippen LogP) is 3.79. The van der Waals surface area contributed by atoms with E-state index < -0.39 is 26.2 Å². The van der Waals surface area contributed by atoms with Gasteiger partial charge in [-0.1, -0.05) is 58.0 Å². The van der Waals surface area contributed by atoms with Crippen molar-refractivity contribution in [3.63, 3.8) is 0 Å². The summed E-state index contributed by atoms with van der Waals surface area (Å²) in [6.07, 6.45) is 0. The van der Waals surface area contributed by atoms with Crippen molar-refractivity contribution in [3.8, 4) is 5.75 Å². The van der Waals surface area contributed by atoms with E-state index in [9.17, 15) is 13.0 Å². The minimum absolute atomic E-state index is 0.172. The molecule has 0 saturated heterocycles. The average Bonchev–Trinajstić information content (AvgIpc) is 2.17. The van der Waals surface area contributed by atoms with Crippen molar-refractivity contribution in [1.29, 1.82) is 0 Å². The summed E-state index contributed by atoms with van der Waals surface area (Å²) in [6, 6.07) is 0. The minimum atomic E-state index is -5.05. The molecule has 0 saturated carbocycles. The molecule has 0 amide bonds. The Bertz CT molecular complexity index is 511. The molecule has 0 N–H and O–H groups in total. The van der Waals surface area contributed by atoms with Gasteiger partial charge in [0.15, 0.2) is 5.75 Å². The molecule has 0 bridgehead atoms. The van der Waals surface area contributed by atoms with Crippen molar-refractivity contribution in [2.45, 2.75) is 0 Å². The van der Waals surface area contributed by atoms with Gasteiger partial charge in [0.05, 0.1) is 15.1 Å². The first-order valence-corrected chi connectivity index (χ1v) is 6.54. The van der Waals surface area contributed by atoms with Crippen molar-refractivity contribution in [2.24, 2.45) is 0 Å². The molecule has 0 aliphatic heterocycles. The smallest absolute Gasteiger partial charge is 0.262 e. The number of rotatable bonds is 2. The Labute approximate surface area is 116 Å². The lowest BCUT2D eigenvalue weighted by Crippen LogP contribution is -2.08. The highest BCUT2D eigenvalue weighted by atomic mass is 35.5. The van der Waals surface area contributed by atoms with Crippen LogP contribution in [0.5, 0.6) is 5.75 Å². The predicted molar refractivity (Wildman–Crippen MR) is 61.8 cm³/mol. The number of hydrogen-bond acceptors (Lipinski definition) is 4. The zero-order valence-electron chi connectivity index (χ0n) is 6.93. The van der Waals surface area contributed by atoms with E-state index in [0.717, 1.165) is 0 Å². The van der Waals surface area contributed by atoms with Crippen LogP contribution in [0.2, 0.25) is 25.1 Å². The topological polar surface area (TPSA) is 66.4 Å². The second kappa shape index (κ2) is 4.94. The first-order valence-electron chi connectivity index (χ1n) is 3.32. The van der Waals surface area contributed by atoms with E-state index in [0.29, 0.717) is 0 Å². The zero-order chi connectivity index (χ0) is 12.7. The van der Waals surface area contributed by atoms with Crippen LogP contribution in [-0.2, 0) is 10.4 Å². The Kier molecular flexibility index (Phi) is 4.46. The summed E-state index contributed by atoms with van der Waals surface area (Å²) < 4.78 is 35.2. The van der Waals surface area contributed by atoms with Gasteiger partial charge in [0.2, 0.25) is 0 Å². The van der Waals surface area contributed by atoms with Crippen LogP contribution < -0.4 is 4.18 Å². The lowest BCUT2D eigenvalue weighted by molar-refractivity contribution is 0.372. The van der Waals surface area contributed by atoms with Gasteiger partial charge in [0, 0.05) is 0 Å². The molecular formula is C6Cl5O4S-. The molecule has 0 aromatic heterocycles. The second-order valence-electron chi connectivity index (χ2n) is 2.39. The lowest BCUT2D eigenvalue weighted by atomic mass is 10.3. The van der Waals surface area contributed by atoms with Gasteiger partial charge in [-0.3, -0.25) is 0 Å². The molecule has 0 heterocycles. The molecular weight excluding hydrogens is 345 g/mol. The third-order valence-corrected chi connectivity index (χ3v) is 3.97. The molecule has 0 aliphatic rings. The van der Waals surface area contributed by atoms with Gasteiger partial charge in [-0.05, 0) is 0 Å². The van der Waals surface area contributed by atoms with Crippen molar-refractivity contribution >= 4 is 68.4 Å². The van der Waals surface area contributed by atoms with Gasteiger partial charge in [-0.15, -0.1) is 0 Å². The van der Waals surface area contributed by atoms with Crippen LogP contribution in [0.3, 0.4) is 0 Å². The Morgan fingerprint density at radius 1 is 0.812 bits per heavy atom. The molecule has 4 nitrogen and oxygen atoms in total. The van der Waals surface area contributed by atoms with E-state index >= 15 is 0 Å². The van der Waals surface area contributed by atoms with Crippen LogP contribution in [0.4, 0.5) is 0 Å². The van der Waals surface area contributed by atoms with Crippen molar-refractivity contribution in [2.75, 3.05) is 0 Å². The van der Waals surface area contributed by atoms with Crippen molar-refractivity contribution in [3.05, 3.63) is 25.1 Å². The molecule has 0 aliphatic carbocycles. The van der Waals surface area contributed by atoms with Gasteiger partial charge >= 0.3 is 0 Å². The van der Waals surface area contributed by atoms with Crippen LogP contribution in [-0.4, -0.2) is 13.0 Å². The third-order valence-electron chi connectivity index (χ3n) is 1.35. The second-order valence-corrected chi connectivity index (χ2v) is 5.26. The highest BCUT2D eigenvalue weighted by Crippen LogP contribution is 2.48. The summed E-state index contributed by atoms with van der Waals surface area (Å²) in [5.74, 6) is -0.655. The SMILES string of the molecule is O=S(=O)([O-])Oc1c(Cl)c(Cl)c(Cl)c(Cl)c1Cl. The van der Waals surface area contributed by atoms with Crippen molar-refractivity contribution in [1.82, 2.24) is 0 Å². The van der Waals surface area contributed by atoms with E-state index in [1.165, 1.54) is 0 Å². The van der Waals surface area contributed by atoms with Gasteiger partial charge < -0.3 is 8.74 Å². The molecule has 16 heavy (non-hydrogen) atoms. The van der Waals surface area contributed by atoms with Gasteiger partial charge in [-0.2, -0.15) is 0 Å². The van der Waals surface area contributed by atoms with Crippen LogP contribution in [0.15, 0.2) is 0 Å². The van der Waals surface area contributed by atoms with E-state index in [-0.39, 0.29) is 15.1 Å². The first kappa shape index (κ1) is 14.4. The monoisotopic (exact) mass is 343 g/mol. The van der Waals surface area contributed by atoms with Gasteiger partial charge in [0.25, 0.3) is 10.4 Å². The maximum Gasteiger partial charge on any atom is 0.262 e. The number of halogens is 5. The summed E-state index contributed by atoms with van der Waals surface area (Å²) in [6.45, 7) is 0. The molecule has 1 aromatic carbocycles. The standard InChI is InChI=1S/C6HCl5O4S/c7-1-2(8)4(10)6(5(11)3(1)9)15-16(12,13)14/h(H,12,13,14)/p-1. The normalized spacial score (nSPS) is 11.6. The van der Waals surface area contributed by atoms with Crippen LogP contribution in [0, 0.1) is 0 Å². The molecule has 10 heteroatoms. The fourth-order valence-electron chi connectivity index (χ4n) is 0.760. The average molecular weight is 345 g/mol. The number of benzene rings is 1. The van der Waals surface area contributed by atoms with Gasteiger partial charge in [0.1, 0.15) is 10.0 Å². The van der Waals surface area contributed by atoms with Crippen LogP contribution in [0.1, 0.15) is 0 Å². The van der Waals surface area contributed by atoms with E-state index in [1.807, 2.05) is 0 Å². The van der Waals surface area contributed by atoms with Crippen LogP contribution >= 0.6 is 58.0 Å². The van der Waals surface area contributed by atoms with Crippen LogP contribution in [0.25, 0.3) is 0 Å². The fourth-order valence-corrected chi connectivity index (χ4v) is 2.42. The zero-order valence-corrected chi connectivity index (χ0v) is 11.5. The third kappa shape index (κ3) is 2.98. The molecule has 1 rings (SSSR count). The molecule has 1 aromatic rings. The minimum Gasteiger partial charge on any atom is -0.716 e. The summed E-state index contributed by atoms with van der Waals surface area (Å²) in [4.78, 5) is 0. The van der Waals surface area contributed by atoms with E-state index in [2.05, 4.69) is 4.18 Å². The largest absolute Gasteiger partial charge is 0.716 e. The maximum absolute atomic E-state index is 10.4. The van der Waals surface area contributed by atoms with E-state index in [4.69, 9.17) is 58.0 Å². The fraction of sp³-hybridized carbons (Fsp3) is 0. The highest BCUT2D eigenvalue weighted by Gasteiger charge is 2.22. The van der Waals surface area contributed by atoms with Gasteiger partial charge in [-0.25, -0.2) is 8.42 Å². The maximum atomic E-state index is 10.4. The molecule has 90 valence electrons. The molecule has 0 unspecified atom stereocenters. The molecule has 0 atom stereocenters. The molecule has 0 spiro atoms. The number of hydrogen-bond donors (Lipinski definition) is 0.